The number of aryl methyl sites for hydroxylation is 1. The van der Waals surface area contributed by atoms with E-state index in [0.717, 1.165) is 38.9 Å². The molecule has 0 spiro atoms. The molecule has 10 heteroatoms. The number of imidazole rings is 2. The van der Waals surface area contributed by atoms with Crippen molar-refractivity contribution < 1.29 is 4.79 Å². The number of hydrogen-bond donors (Lipinski definition) is 3. The van der Waals surface area contributed by atoms with Gasteiger partial charge in [0.15, 0.2) is 5.82 Å². The molecule has 10 nitrogen and oxygen atoms in total. The summed E-state index contributed by atoms with van der Waals surface area (Å²) in [5.41, 5.74) is 7.21. The Bertz CT molecular complexity index is 1710. The molecule has 0 aliphatic carbocycles. The first-order valence-electron chi connectivity index (χ1n) is 11.2. The van der Waals surface area contributed by atoms with Crippen LogP contribution >= 0.6 is 0 Å². The summed E-state index contributed by atoms with van der Waals surface area (Å²) >= 11 is 0. The van der Waals surface area contributed by atoms with Gasteiger partial charge < -0.3 is 14.9 Å². The fourth-order valence-corrected chi connectivity index (χ4v) is 4.04. The first-order valence-corrected chi connectivity index (χ1v) is 11.2. The van der Waals surface area contributed by atoms with Crippen LogP contribution in [0.1, 0.15) is 19.0 Å². The van der Waals surface area contributed by atoms with Crippen LogP contribution in [0.25, 0.3) is 50.4 Å². The molecule has 0 saturated carbocycles. The minimum absolute atomic E-state index is 0.0698. The zero-order valence-corrected chi connectivity index (χ0v) is 19.1. The van der Waals surface area contributed by atoms with Gasteiger partial charge in [-0.25, -0.2) is 9.97 Å². The predicted octanol–water partition coefficient (Wildman–Crippen LogP) is 4.41. The van der Waals surface area contributed by atoms with Crippen LogP contribution < -0.4 is 5.32 Å². The number of hydrogen-bond acceptors (Lipinski definition) is 6. The molecule has 5 aromatic heterocycles. The third-order valence-corrected chi connectivity index (χ3v) is 5.79. The van der Waals surface area contributed by atoms with Crippen LogP contribution in [0.15, 0.2) is 61.4 Å². The largest absolute Gasteiger partial charge is 0.336 e. The third kappa shape index (κ3) is 3.70. The Balaban J connectivity index is 1.43. The van der Waals surface area contributed by atoms with Crippen molar-refractivity contribution >= 4 is 33.5 Å². The molecule has 0 aliphatic rings. The van der Waals surface area contributed by atoms with Crippen LogP contribution in [0.3, 0.4) is 0 Å². The van der Waals surface area contributed by atoms with E-state index in [0.29, 0.717) is 29.3 Å². The van der Waals surface area contributed by atoms with Crippen molar-refractivity contribution in [2.75, 3.05) is 5.32 Å². The lowest BCUT2D eigenvalue weighted by Crippen LogP contribution is -2.09. The van der Waals surface area contributed by atoms with Crippen LogP contribution in [0, 0.1) is 6.92 Å². The highest BCUT2D eigenvalue weighted by molar-refractivity contribution is 5.96. The minimum Gasteiger partial charge on any atom is -0.336 e. The lowest BCUT2D eigenvalue weighted by atomic mass is 10.1. The number of fused-ring (bicyclic) bond motifs is 2. The van der Waals surface area contributed by atoms with Gasteiger partial charge in [-0.15, -0.1) is 0 Å². The summed E-state index contributed by atoms with van der Waals surface area (Å²) in [4.78, 5) is 33.2. The Kier molecular flexibility index (Phi) is 4.84. The number of benzene rings is 1. The Morgan fingerprint density at radius 3 is 2.86 bits per heavy atom. The highest BCUT2D eigenvalue weighted by Gasteiger charge is 2.16. The molecule has 0 bridgehead atoms. The van der Waals surface area contributed by atoms with Gasteiger partial charge in [0.25, 0.3) is 0 Å². The Labute approximate surface area is 199 Å². The van der Waals surface area contributed by atoms with Gasteiger partial charge in [0.1, 0.15) is 11.2 Å². The van der Waals surface area contributed by atoms with Crippen LogP contribution in [-0.2, 0) is 4.79 Å². The second-order valence-corrected chi connectivity index (χ2v) is 8.23. The summed E-state index contributed by atoms with van der Waals surface area (Å²) in [7, 11) is 0. The number of aromatic amines is 2. The van der Waals surface area contributed by atoms with Crippen molar-refractivity contribution in [2.45, 2.75) is 20.3 Å². The number of carbonyl (C=O) groups excluding carboxylic acids is 1. The molecule has 0 unspecified atom stereocenters. The molecule has 0 fully saturated rings. The second-order valence-electron chi connectivity index (χ2n) is 8.23. The molecular weight excluding hydrogens is 442 g/mol. The second kappa shape index (κ2) is 8.17. The Hall–Kier alpha value is -4.86. The average Bonchev–Trinajstić information content (AvgIpc) is 3.61. The number of H-pyrrole nitrogens is 2. The van der Waals surface area contributed by atoms with Crippen LogP contribution in [0.2, 0.25) is 0 Å². The van der Waals surface area contributed by atoms with Gasteiger partial charge in [-0.05, 0) is 31.2 Å². The van der Waals surface area contributed by atoms with E-state index in [1.807, 2.05) is 48.0 Å². The van der Waals surface area contributed by atoms with E-state index in [-0.39, 0.29) is 5.91 Å². The van der Waals surface area contributed by atoms with Crippen molar-refractivity contribution in [1.29, 1.82) is 0 Å². The van der Waals surface area contributed by atoms with E-state index in [1.165, 1.54) is 0 Å². The molecule has 0 aliphatic heterocycles. The number of para-hydroxylation sites is 1. The lowest BCUT2D eigenvalue weighted by molar-refractivity contribution is -0.115. The molecule has 6 aromatic rings. The lowest BCUT2D eigenvalue weighted by Gasteiger charge is -2.06. The molecule has 0 radical (unpaired) electrons. The highest BCUT2D eigenvalue weighted by Crippen LogP contribution is 2.31. The molecule has 3 N–H and O–H groups in total. The van der Waals surface area contributed by atoms with Crippen LogP contribution in [0.5, 0.6) is 0 Å². The normalized spacial score (nSPS) is 11.4. The van der Waals surface area contributed by atoms with Crippen molar-refractivity contribution in [3.8, 4) is 28.5 Å². The van der Waals surface area contributed by atoms with E-state index in [9.17, 15) is 4.79 Å². The van der Waals surface area contributed by atoms with E-state index >= 15 is 0 Å². The van der Waals surface area contributed by atoms with Crippen molar-refractivity contribution in [2.24, 2.45) is 0 Å². The first kappa shape index (κ1) is 20.7. The summed E-state index contributed by atoms with van der Waals surface area (Å²) in [6, 6.07) is 9.79. The van der Waals surface area contributed by atoms with Gasteiger partial charge in [-0.3, -0.25) is 19.9 Å². The monoisotopic (exact) mass is 463 g/mol. The zero-order valence-electron chi connectivity index (χ0n) is 19.1. The Morgan fingerprint density at radius 2 is 2.03 bits per heavy atom. The number of rotatable bonds is 5. The van der Waals surface area contributed by atoms with E-state index in [2.05, 4.69) is 35.5 Å². The minimum atomic E-state index is -0.0698. The smallest absolute Gasteiger partial charge is 0.224 e. The maximum Gasteiger partial charge on any atom is 0.224 e. The quantitative estimate of drug-likeness (QED) is 0.347. The number of amides is 1. The predicted molar refractivity (Wildman–Crippen MR) is 133 cm³/mol. The fourth-order valence-electron chi connectivity index (χ4n) is 4.04. The number of nitrogens with zero attached hydrogens (tertiary/aromatic N) is 6. The van der Waals surface area contributed by atoms with Gasteiger partial charge in [-0.1, -0.05) is 13.0 Å². The average molecular weight is 464 g/mol. The van der Waals surface area contributed by atoms with Gasteiger partial charge in [0.2, 0.25) is 5.91 Å². The molecule has 0 atom stereocenters. The van der Waals surface area contributed by atoms with Crippen molar-refractivity contribution in [3.63, 3.8) is 0 Å². The zero-order chi connectivity index (χ0) is 23.9. The highest BCUT2D eigenvalue weighted by atomic mass is 16.1. The molecule has 1 aromatic carbocycles. The third-order valence-electron chi connectivity index (χ3n) is 5.79. The van der Waals surface area contributed by atoms with E-state index in [4.69, 9.17) is 4.98 Å². The summed E-state index contributed by atoms with van der Waals surface area (Å²) in [6.07, 6.45) is 9.22. The summed E-state index contributed by atoms with van der Waals surface area (Å²) < 4.78 is 1.96. The summed E-state index contributed by atoms with van der Waals surface area (Å²) in [6.45, 7) is 3.76. The summed E-state index contributed by atoms with van der Waals surface area (Å²) in [5, 5.41) is 11.3. The first-order chi connectivity index (χ1) is 17.1. The molecule has 35 heavy (non-hydrogen) atoms. The topological polar surface area (TPSA) is 130 Å². The van der Waals surface area contributed by atoms with Gasteiger partial charge >= 0.3 is 0 Å². The fraction of sp³-hybridized carbons (Fsp3) is 0.120. The van der Waals surface area contributed by atoms with Crippen LogP contribution in [0.4, 0.5) is 5.69 Å². The van der Waals surface area contributed by atoms with Gasteiger partial charge in [0.05, 0.1) is 52.5 Å². The summed E-state index contributed by atoms with van der Waals surface area (Å²) in [5.74, 6) is 0.578. The number of anilines is 1. The van der Waals surface area contributed by atoms with Crippen molar-refractivity contribution in [1.82, 2.24) is 39.7 Å². The number of aromatic nitrogens is 8. The number of nitrogens with one attached hydrogen (secondary N) is 3. The molecule has 0 saturated heterocycles. The van der Waals surface area contributed by atoms with Gasteiger partial charge in [0, 0.05) is 29.8 Å². The van der Waals surface area contributed by atoms with E-state index in [1.54, 1.807) is 31.8 Å². The van der Waals surface area contributed by atoms with Crippen molar-refractivity contribution in [3.05, 3.63) is 67.1 Å². The Morgan fingerprint density at radius 1 is 1.11 bits per heavy atom. The SMILES string of the molecule is CCC(=O)Nc1cncc(-c2cc3c(-c4nc5c(-n6cnc(C)c6)cccc5[nH]4)n[nH]c3cn2)c1. The molecule has 5 heterocycles. The molecule has 1 amide bonds. The number of carbonyl (C=O) groups is 1. The van der Waals surface area contributed by atoms with E-state index < -0.39 is 0 Å². The molecular formula is C25H21N9O. The maximum absolute atomic E-state index is 11.8. The van der Waals surface area contributed by atoms with Gasteiger partial charge in [-0.2, -0.15) is 5.10 Å². The van der Waals surface area contributed by atoms with Crippen LogP contribution in [-0.4, -0.2) is 45.6 Å². The maximum atomic E-state index is 11.8. The standard InChI is InChI=1S/C25H21N9O/c1-3-22(35)29-16-7-15(9-26-10-16)19-8-17-20(11-27-19)32-33-23(17)25-30-18-5-4-6-21(24(18)31-25)34-12-14(2)28-13-34/h4-13H,3H2,1-2H3,(H,29,35)(H,30,31)(H,32,33). The molecule has 172 valence electrons. The number of pyridine rings is 2. The molecule has 6 rings (SSSR count).